The van der Waals surface area contributed by atoms with E-state index in [0.29, 0.717) is 0 Å². The van der Waals surface area contributed by atoms with Gasteiger partial charge in [0.25, 0.3) is 0 Å². The number of allylic oxidation sites excluding steroid dienone is 3. The van der Waals surface area contributed by atoms with Gasteiger partial charge in [0.15, 0.2) is 0 Å². The van der Waals surface area contributed by atoms with Crippen molar-refractivity contribution in [2.24, 2.45) is 0 Å². The Hall–Kier alpha value is -0.980. The van der Waals surface area contributed by atoms with Crippen molar-refractivity contribution in [3.63, 3.8) is 0 Å². The molecule has 0 heterocycles. The molecule has 0 spiro atoms. The SMILES string of the molecule is C=CC=CCCCCCC.C=COC. The van der Waals surface area contributed by atoms with Gasteiger partial charge in [0, 0.05) is 0 Å². The van der Waals surface area contributed by atoms with Crippen LogP contribution in [-0.4, -0.2) is 7.11 Å². The maximum Gasteiger partial charge on any atom is 0.0766 e. The van der Waals surface area contributed by atoms with Crippen LogP contribution in [0.1, 0.15) is 39.0 Å². The van der Waals surface area contributed by atoms with Gasteiger partial charge in [-0.3, -0.25) is 0 Å². The van der Waals surface area contributed by atoms with Crippen molar-refractivity contribution in [2.75, 3.05) is 7.11 Å². The van der Waals surface area contributed by atoms with E-state index in [9.17, 15) is 0 Å². The fourth-order valence-corrected chi connectivity index (χ4v) is 0.881. The van der Waals surface area contributed by atoms with Crippen LogP contribution in [0.4, 0.5) is 0 Å². The average Bonchev–Trinajstić information content (AvgIpc) is 2.24. The Balaban J connectivity index is 0. The summed E-state index contributed by atoms with van der Waals surface area (Å²) in [6.45, 7) is 9.10. The summed E-state index contributed by atoms with van der Waals surface area (Å²) < 4.78 is 4.31. The zero-order chi connectivity index (χ0) is 11.1. The highest BCUT2D eigenvalue weighted by Gasteiger charge is 1.82. The average molecular weight is 196 g/mol. The first-order valence-electron chi connectivity index (χ1n) is 5.24. The summed E-state index contributed by atoms with van der Waals surface area (Å²) in [4.78, 5) is 0. The Morgan fingerprint density at radius 3 is 2.21 bits per heavy atom. The molecule has 0 bridgehead atoms. The topological polar surface area (TPSA) is 9.23 Å². The number of ether oxygens (including phenoxy) is 1. The lowest BCUT2D eigenvalue weighted by atomic mass is 10.1. The quantitative estimate of drug-likeness (QED) is 0.331. The van der Waals surface area contributed by atoms with Crippen LogP contribution >= 0.6 is 0 Å². The summed E-state index contributed by atoms with van der Waals surface area (Å²) in [5.74, 6) is 0. The largest absolute Gasteiger partial charge is 0.505 e. The van der Waals surface area contributed by atoms with Crippen LogP contribution in [0, 0.1) is 0 Å². The van der Waals surface area contributed by atoms with E-state index in [1.807, 2.05) is 12.2 Å². The Kier molecular flexibility index (Phi) is 19.9. The first-order valence-corrected chi connectivity index (χ1v) is 5.24. The molecule has 0 aliphatic carbocycles. The number of hydrogen-bond acceptors (Lipinski definition) is 1. The Morgan fingerprint density at radius 1 is 1.14 bits per heavy atom. The zero-order valence-electron chi connectivity index (χ0n) is 9.67. The zero-order valence-corrected chi connectivity index (χ0v) is 9.67. The highest BCUT2D eigenvalue weighted by Crippen LogP contribution is 2.02. The van der Waals surface area contributed by atoms with Gasteiger partial charge in [0.2, 0.25) is 0 Å². The monoisotopic (exact) mass is 196 g/mol. The van der Waals surface area contributed by atoms with Gasteiger partial charge in [-0.1, -0.05) is 57.6 Å². The summed E-state index contributed by atoms with van der Waals surface area (Å²) in [6, 6.07) is 0. The van der Waals surface area contributed by atoms with E-state index in [2.05, 4.69) is 30.9 Å². The predicted octanol–water partition coefficient (Wildman–Crippen LogP) is 4.48. The van der Waals surface area contributed by atoms with E-state index >= 15 is 0 Å². The third kappa shape index (κ3) is 22.5. The number of methoxy groups -OCH3 is 1. The third-order valence-electron chi connectivity index (χ3n) is 1.66. The standard InChI is InChI=1S/C10H18.C3H6O/c1-3-5-7-9-10-8-6-4-2;1-3-4-2/h3,5,7H,1,4,6,8-10H2,2H3;3H,1H2,2H3. The fourth-order valence-electron chi connectivity index (χ4n) is 0.881. The number of rotatable bonds is 7. The molecule has 1 nitrogen and oxygen atoms in total. The summed E-state index contributed by atoms with van der Waals surface area (Å²) in [6.07, 6.45) is 14.0. The van der Waals surface area contributed by atoms with Gasteiger partial charge in [0.1, 0.15) is 0 Å². The Bertz CT molecular complexity index is 136. The summed E-state index contributed by atoms with van der Waals surface area (Å²) in [7, 11) is 1.56. The first-order chi connectivity index (χ1) is 6.83. The van der Waals surface area contributed by atoms with Crippen molar-refractivity contribution < 1.29 is 4.74 Å². The molecule has 0 aliphatic rings. The van der Waals surface area contributed by atoms with E-state index in [-0.39, 0.29) is 0 Å². The van der Waals surface area contributed by atoms with Crippen molar-refractivity contribution in [2.45, 2.75) is 39.0 Å². The molecule has 0 fully saturated rings. The van der Waals surface area contributed by atoms with Crippen molar-refractivity contribution in [1.29, 1.82) is 0 Å². The molecule has 0 aromatic heterocycles. The van der Waals surface area contributed by atoms with Gasteiger partial charge >= 0.3 is 0 Å². The fraction of sp³-hybridized carbons (Fsp3) is 0.538. The molecular weight excluding hydrogens is 172 g/mol. The van der Waals surface area contributed by atoms with Gasteiger partial charge in [0.05, 0.1) is 13.4 Å². The Labute approximate surface area is 89.2 Å². The predicted molar refractivity (Wildman–Crippen MR) is 65.3 cm³/mol. The van der Waals surface area contributed by atoms with Crippen LogP contribution in [0.3, 0.4) is 0 Å². The van der Waals surface area contributed by atoms with Crippen LogP contribution in [0.25, 0.3) is 0 Å². The molecule has 0 saturated heterocycles. The lowest BCUT2D eigenvalue weighted by Crippen LogP contribution is -1.72. The highest BCUT2D eigenvalue weighted by atomic mass is 16.5. The summed E-state index contributed by atoms with van der Waals surface area (Å²) >= 11 is 0. The van der Waals surface area contributed by atoms with E-state index in [4.69, 9.17) is 0 Å². The molecule has 0 N–H and O–H groups in total. The second-order valence-electron chi connectivity index (χ2n) is 2.92. The van der Waals surface area contributed by atoms with Gasteiger partial charge in [-0.25, -0.2) is 0 Å². The maximum atomic E-state index is 4.31. The van der Waals surface area contributed by atoms with Crippen molar-refractivity contribution >= 4 is 0 Å². The molecule has 0 amide bonds. The van der Waals surface area contributed by atoms with Gasteiger partial charge in [-0.2, -0.15) is 0 Å². The molecule has 0 aliphatic heterocycles. The first kappa shape index (κ1) is 15.5. The normalized spacial score (nSPS) is 9.00. The molecule has 0 aromatic rings. The Morgan fingerprint density at radius 2 is 1.79 bits per heavy atom. The van der Waals surface area contributed by atoms with E-state index < -0.39 is 0 Å². The smallest absolute Gasteiger partial charge is 0.0766 e. The van der Waals surface area contributed by atoms with Crippen LogP contribution in [0.15, 0.2) is 37.6 Å². The van der Waals surface area contributed by atoms with E-state index in [1.54, 1.807) is 7.11 Å². The molecule has 14 heavy (non-hydrogen) atoms. The molecule has 0 rings (SSSR count). The molecule has 82 valence electrons. The molecule has 0 unspecified atom stereocenters. The second-order valence-corrected chi connectivity index (χ2v) is 2.92. The maximum absolute atomic E-state index is 4.31. The molecule has 0 saturated carbocycles. The van der Waals surface area contributed by atoms with Gasteiger partial charge in [-0.15, -0.1) is 0 Å². The molecule has 0 atom stereocenters. The minimum Gasteiger partial charge on any atom is -0.505 e. The van der Waals surface area contributed by atoms with E-state index in [1.165, 1.54) is 38.4 Å². The molecule has 0 aromatic carbocycles. The molecule has 1 heteroatoms. The van der Waals surface area contributed by atoms with Crippen LogP contribution in [-0.2, 0) is 4.74 Å². The highest BCUT2D eigenvalue weighted by molar-refractivity contribution is 4.96. The number of hydrogen-bond donors (Lipinski definition) is 0. The van der Waals surface area contributed by atoms with Crippen LogP contribution in [0.5, 0.6) is 0 Å². The third-order valence-corrected chi connectivity index (χ3v) is 1.66. The van der Waals surface area contributed by atoms with Crippen LogP contribution in [0.2, 0.25) is 0 Å². The van der Waals surface area contributed by atoms with Crippen molar-refractivity contribution in [3.05, 3.63) is 37.6 Å². The van der Waals surface area contributed by atoms with Gasteiger partial charge in [-0.05, 0) is 12.8 Å². The number of unbranched alkanes of at least 4 members (excludes halogenated alkanes) is 4. The molecule has 0 radical (unpaired) electrons. The minimum absolute atomic E-state index is 1.21. The summed E-state index contributed by atoms with van der Waals surface area (Å²) in [5.41, 5.74) is 0. The van der Waals surface area contributed by atoms with Crippen molar-refractivity contribution in [3.8, 4) is 0 Å². The van der Waals surface area contributed by atoms with Gasteiger partial charge < -0.3 is 4.74 Å². The van der Waals surface area contributed by atoms with Crippen LogP contribution < -0.4 is 0 Å². The van der Waals surface area contributed by atoms with E-state index in [0.717, 1.165) is 0 Å². The minimum atomic E-state index is 1.21. The second kappa shape index (κ2) is 17.9. The lowest BCUT2D eigenvalue weighted by molar-refractivity contribution is 0.339. The van der Waals surface area contributed by atoms with Crippen molar-refractivity contribution in [1.82, 2.24) is 0 Å². The molecular formula is C13H24O. The summed E-state index contributed by atoms with van der Waals surface area (Å²) in [5, 5.41) is 0. The lowest BCUT2D eigenvalue weighted by Gasteiger charge is -1.92.